The maximum Gasteiger partial charge on any atom is 0.307 e. The molecule has 1 aromatic carbocycles. The van der Waals surface area contributed by atoms with Crippen LogP contribution in [0.25, 0.3) is 10.9 Å². The van der Waals surface area contributed by atoms with Crippen molar-refractivity contribution in [1.82, 2.24) is 4.57 Å². The minimum absolute atomic E-state index is 0.172. The molecule has 0 N–H and O–H groups in total. The average molecular weight is 217 g/mol. The maximum atomic E-state index is 11.1. The summed E-state index contributed by atoms with van der Waals surface area (Å²) in [5.41, 5.74) is 2.40. The van der Waals surface area contributed by atoms with E-state index in [1.807, 2.05) is 6.20 Å². The first-order valence-corrected chi connectivity index (χ1v) is 5.33. The van der Waals surface area contributed by atoms with Gasteiger partial charge >= 0.3 is 5.97 Å². The highest BCUT2D eigenvalue weighted by Crippen LogP contribution is 2.17. The number of aryl methyl sites for hydroxylation is 2. The third kappa shape index (κ3) is 2.08. The molecule has 0 fully saturated rings. The van der Waals surface area contributed by atoms with Crippen LogP contribution >= 0.6 is 0 Å². The van der Waals surface area contributed by atoms with Crippen LogP contribution in [0.5, 0.6) is 0 Å². The van der Waals surface area contributed by atoms with Gasteiger partial charge < -0.3 is 9.30 Å². The summed E-state index contributed by atoms with van der Waals surface area (Å²) in [4.78, 5) is 11.1. The lowest BCUT2D eigenvalue weighted by Gasteiger charge is -2.04. The van der Waals surface area contributed by atoms with Gasteiger partial charge in [-0.25, -0.2) is 0 Å². The fourth-order valence-electron chi connectivity index (χ4n) is 1.80. The molecule has 0 aliphatic heterocycles. The van der Waals surface area contributed by atoms with Crippen LogP contribution in [0.3, 0.4) is 0 Å². The molecule has 0 amide bonds. The molecule has 16 heavy (non-hydrogen) atoms. The Balaban J connectivity index is 2.24. The Labute approximate surface area is 94.6 Å². The molecule has 0 atom stereocenters. The SMILES string of the molecule is COC(=O)CCn1ccc2ccc(C)cc21. The number of ether oxygens (including phenoxy) is 1. The zero-order valence-electron chi connectivity index (χ0n) is 9.56. The van der Waals surface area contributed by atoms with E-state index in [4.69, 9.17) is 0 Å². The van der Waals surface area contributed by atoms with Crippen molar-refractivity contribution in [3.8, 4) is 0 Å². The van der Waals surface area contributed by atoms with Crippen LogP contribution in [0.1, 0.15) is 12.0 Å². The van der Waals surface area contributed by atoms with Crippen molar-refractivity contribution in [2.45, 2.75) is 19.9 Å². The number of benzene rings is 1. The Morgan fingerprint density at radius 1 is 1.38 bits per heavy atom. The van der Waals surface area contributed by atoms with Crippen molar-refractivity contribution in [2.75, 3.05) is 7.11 Å². The normalized spacial score (nSPS) is 10.6. The van der Waals surface area contributed by atoms with Crippen LogP contribution in [0.4, 0.5) is 0 Å². The number of carbonyl (C=O) groups is 1. The molecule has 0 unspecified atom stereocenters. The van der Waals surface area contributed by atoms with E-state index in [1.54, 1.807) is 0 Å². The smallest absolute Gasteiger partial charge is 0.307 e. The zero-order chi connectivity index (χ0) is 11.5. The van der Waals surface area contributed by atoms with Crippen LogP contribution in [0.15, 0.2) is 30.5 Å². The van der Waals surface area contributed by atoms with Crippen LogP contribution in [-0.4, -0.2) is 17.6 Å². The summed E-state index contributed by atoms with van der Waals surface area (Å²) in [6, 6.07) is 8.38. The third-order valence-corrected chi connectivity index (χ3v) is 2.71. The number of rotatable bonds is 3. The first-order valence-electron chi connectivity index (χ1n) is 5.33. The highest BCUT2D eigenvalue weighted by Gasteiger charge is 2.04. The van der Waals surface area contributed by atoms with E-state index < -0.39 is 0 Å². The van der Waals surface area contributed by atoms with Gasteiger partial charge in [-0.05, 0) is 30.0 Å². The number of nitrogens with zero attached hydrogens (tertiary/aromatic N) is 1. The van der Waals surface area contributed by atoms with Crippen molar-refractivity contribution >= 4 is 16.9 Å². The predicted octanol–water partition coefficient (Wildman–Crippen LogP) is 2.51. The summed E-state index contributed by atoms with van der Waals surface area (Å²) in [7, 11) is 1.42. The summed E-state index contributed by atoms with van der Waals surface area (Å²) >= 11 is 0. The van der Waals surface area contributed by atoms with Crippen molar-refractivity contribution in [1.29, 1.82) is 0 Å². The van der Waals surface area contributed by atoms with Gasteiger partial charge in [0.1, 0.15) is 0 Å². The molecule has 2 aromatic rings. The van der Waals surface area contributed by atoms with Crippen LogP contribution < -0.4 is 0 Å². The summed E-state index contributed by atoms with van der Waals surface area (Å²) in [6.07, 6.45) is 2.42. The standard InChI is InChI=1S/C13H15NO2/c1-10-3-4-11-5-7-14(12(11)9-10)8-6-13(15)16-2/h3-5,7,9H,6,8H2,1-2H3. The van der Waals surface area contributed by atoms with Gasteiger partial charge in [0.25, 0.3) is 0 Å². The predicted molar refractivity (Wildman–Crippen MR) is 63.3 cm³/mol. The molecule has 84 valence electrons. The highest BCUT2D eigenvalue weighted by molar-refractivity contribution is 5.81. The lowest BCUT2D eigenvalue weighted by molar-refractivity contribution is -0.140. The Kier molecular flexibility index (Phi) is 2.95. The molecule has 0 spiro atoms. The van der Waals surface area contributed by atoms with Crippen molar-refractivity contribution in [2.24, 2.45) is 0 Å². The van der Waals surface area contributed by atoms with E-state index in [-0.39, 0.29) is 5.97 Å². The summed E-state index contributed by atoms with van der Waals surface area (Å²) in [6.45, 7) is 2.73. The molecule has 3 nitrogen and oxygen atoms in total. The molecule has 0 aliphatic carbocycles. The quantitative estimate of drug-likeness (QED) is 0.740. The number of carbonyl (C=O) groups excluding carboxylic acids is 1. The maximum absolute atomic E-state index is 11.1. The van der Waals surface area contributed by atoms with Gasteiger partial charge in [0.15, 0.2) is 0 Å². The van der Waals surface area contributed by atoms with Gasteiger partial charge in [0, 0.05) is 18.3 Å². The van der Waals surface area contributed by atoms with Gasteiger partial charge in [0.05, 0.1) is 13.5 Å². The van der Waals surface area contributed by atoms with Crippen molar-refractivity contribution in [3.63, 3.8) is 0 Å². The fraction of sp³-hybridized carbons (Fsp3) is 0.308. The number of fused-ring (bicyclic) bond motifs is 1. The van der Waals surface area contributed by atoms with Gasteiger partial charge in [0.2, 0.25) is 0 Å². The van der Waals surface area contributed by atoms with E-state index in [0.29, 0.717) is 13.0 Å². The Bertz CT molecular complexity index is 514. The van der Waals surface area contributed by atoms with Crippen LogP contribution in [-0.2, 0) is 16.1 Å². The minimum atomic E-state index is -0.172. The number of aromatic nitrogens is 1. The number of esters is 1. The second kappa shape index (κ2) is 4.39. The first-order chi connectivity index (χ1) is 7.70. The first kappa shape index (κ1) is 10.7. The van der Waals surface area contributed by atoms with E-state index in [9.17, 15) is 4.79 Å². The Hall–Kier alpha value is -1.77. The summed E-state index contributed by atoms with van der Waals surface area (Å²) in [5, 5.41) is 1.20. The van der Waals surface area contributed by atoms with E-state index in [0.717, 1.165) is 0 Å². The summed E-state index contributed by atoms with van der Waals surface area (Å²) < 4.78 is 6.71. The monoisotopic (exact) mass is 217 g/mol. The largest absolute Gasteiger partial charge is 0.469 e. The van der Waals surface area contributed by atoms with Gasteiger partial charge in [-0.3, -0.25) is 4.79 Å². The lowest BCUT2D eigenvalue weighted by atomic mass is 10.2. The van der Waals surface area contributed by atoms with E-state index in [1.165, 1.54) is 23.6 Å². The Morgan fingerprint density at radius 3 is 2.94 bits per heavy atom. The molecule has 3 heteroatoms. The van der Waals surface area contributed by atoms with E-state index >= 15 is 0 Å². The minimum Gasteiger partial charge on any atom is -0.469 e. The van der Waals surface area contributed by atoms with Crippen LogP contribution in [0.2, 0.25) is 0 Å². The number of hydrogen-bond donors (Lipinski definition) is 0. The fourth-order valence-corrected chi connectivity index (χ4v) is 1.80. The second-order valence-electron chi connectivity index (χ2n) is 3.90. The van der Waals surface area contributed by atoms with Crippen LogP contribution in [0, 0.1) is 6.92 Å². The van der Waals surface area contributed by atoms with Gasteiger partial charge in [-0.2, -0.15) is 0 Å². The van der Waals surface area contributed by atoms with Gasteiger partial charge in [-0.1, -0.05) is 12.1 Å². The second-order valence-corrected chi connectivity index (χ2v) is 3.90. The summed E-state index contributed by atoms with van der Waals surface area (Å²) in [5.74, 6) is -0.172. The highest BCUT2D eigenvalue weighted by atomic mass is 16.5. The molecule has 1 aromatic heterocycles. The average Bonchev–Trinajstić information content (AvgIpc) is 2.68. The molecule has 0 saturated heterocycles. The van der Waals surface area contributed by atoms with Gasteiger partial charge in [-0.15, -0.1) is 0 Å². The molecule has 0 bridgehead atoms. The zero-order valence-corrected chi connectivity index (χ0v) is 9.56. The number of methoxy groups -OCH3 is 1. The number of hydrogen-bond acceptors (Lipinski definition) is 2. The van der Waals surface area contributed by atoms with E-state index in [2.05, 4.69) is 40.5 Å². The molecular weight excluding hydrogens is 202 g/mol. The molecule has 2 rings (SSSR count). The molecule has 0 aliphatic rings. The topological polar surface area (TPSA) is 31.2 Å². The molecule has 0 saturated carbocycles. The molecule has 0 radical (unpaired) electrons. The third-order valence-electron chi connectivity index (χ3n) is 2.71. The lowest BCUT2D eigenvalue weighted by Crippen LogP contribution is -2.06. The molecular formula is C13H15NO2. The molecule has 1 heterocycles. The van der Waals surface area contributed by atoms with Crippen molar-refractivity contribution in [3.05, 3.63) is 36.0 Å². The Morgan fingerprint density at radius 2 is 2.19 bits per heavy atom. The van der Waals surface area contributed by atoms with Crippen molar-refractivity contribution < 1.29 is 9.53 Å².